The molecule has 2 heterocycles. The number of nitrogens with zero attached hydrogens (tertiary/aromatic N) is 3. The normalized spacial score (nSPS) is 10.4. The zero-order chi connectivity index (χ0) is 15.2. The fourth-order valence-electron chi connectivity index (χ4n) is 1.93. The van der Waals surface area contributed by atoms with Gasteiger partial charge in [0.25, 0.3) is 5.91 Å². The Kier molecular flexibility index (Phi) is 5.27. The maximum atomic E-state index is 12.6. The number of carbonyl (C=O) groups excluding carboxylic acids is 1. The van der Waals surface area contributed by atoms with Crippen LogP contribution in [-0.2, 0) is 6.54 Å². The smallest absolute Gasteiger partial charge is 0.257 e. The highest BCUT2D eigenvalue weighted by Gasteiger charge is 2.17. The Morgan fingerprint density at radius 1 is 1.43 bits per heavy atom. The Morgan fingerprint density at radius 2 is 2.24 bits per heavy atom. The lowest BCUT2D eigenvalue weighted by Crippen LogP contribution is -2.27. The minimum atomic E-state index is -0.0329. The summed E-state index contributed by atoms with van der Waals surface area (Å²) in [5, 5.41) is 3.20. The summed E-state index contributed by atoms with van der Waals surface area (Å²) in [4.78, 5) is 23.9. The third-order valence-corrected chi connectivity index (χ3v) is 4.07. The van der Waals surface area contributed by atoms with Gasteiger partial charge in [-0.05, 0) is 25.5 Å². The van der Waals surface area contributed by atoms with Crippen LogP contribution in [0.25, 0.3) is 0 Å². The fraction of sp³-hybridized carbons (Fsp3) is 0.400. The molecule has 0 atom stereocenters. The molecule has 21 heavy (non-hydrogen) atoms. The topological polar surface area (TPSA) is 58.1 Å². The average molecular weight is 304 g/mol. The molecule has 1 amide bonds. The third kappa shape index (κ3) is 3.78. The summed E-state index contributed by atoms with van der Waals surface area (Å²) in [6.07, 6.45) is 2.68. The largest absolute Gasteiger partial charge is 0.369 e. The summed E-state index contributed by atoms with van der Waals surface area (Å²) in [6.45, 7) is 5.41. The van der Waals surface area contributed by atoms with E-state index in [4.69, 9.17) is 0 Å². The van der Waals surface area contributed by atoms with Gasteiger partial charge in [-0.15, -0.1) is 11.3 Å². The molecule has 0 aromatic carbocycles. The lowest BCUT2D eigenvalue weighted by molar-refractivity contribution is 0.0787. The number of hydrogen-bond acceptors (Lipinski definition) is 5. The minimum absolute atomic E-state index is 0.0329. The molecular formula is C15H20N4OS. The van der Waals surface area contributed by atoms with Gasteiger partial charge in [-0.2, -0.15) is 0 Å². The van der Waals surface area contributed by atoms with E-state index < -0.39 is 0 Å². The molecule has 2 aromatic heterocycles. The molecule has 0 saturated heterocycles. The predicted octanol–water partition coefficient (Wildman–Crippen LogP) is 2.94. The van der Waals surface area contributed by atoms with Gasteiger partial charge in [0.05, 0.1) is 23.3 Å². The summed E-state index contributed by atoms with van der Waals surface area (Å²) in [5.41, 5.74) is 3.40. The van der Waals surface area contributed by atoms with E-state index in [1.54, 1.807) is 41.1 Å². The van der Waals surface area contributed by atoms with E-state index in [1.807, 2.05) is 13.0 Å². The van der Waals surface area contributed by atoms with Crippen molar-refractivity contribution in [2.24, 2.45) is 0 Å². The second-order valence-electron chi connectivity index (χ2n) is 4.85. The van der Waals surface area contributed by atoms with Gasteiger partial charge in [0.2, 0.25) is 0 Å². The van der Waals surface area contributed by atoms with E-state index in [2.05, 4.69) is 22.2 Å². The summed E-state index contributed by atoms with van der Waals surface area (Å²) in [7, 11) is 1.80. The number of hydrogen-bond donors (Lipinski definition) is 1. The van der Waals surface area contributed by atoms with E-state index >= 15 is 0 Å². The standard InChI is InChI=1S/C15H20N4OS/c1-4-7-16-14-12(6-5-8-17-14)15(20)19(3)9-13-11(2)18-10-21-13/h5-6,8,10H,4,7,9H2,1-3H3,(H,16,17). The number of pyridine rings is 1. The molecule has 2 rings (SSSR count). The monoisotopic (exact) mass is 304 g/mol. The van der Waals surface area contributed by atoms with Gasteiger partial charge in [0.15, 0.2) is 0 Å². The Balaban J connectivity index is 2.13. The fourth-order valence-corrected chi connectivity index (χ4v) is 2.76. The van der Waals surface area contributed by atoms with Crippen LogP contribution in [0.1, 0.15) is 34.3 Å². The van der Waals surface area contributed by atoms with Crippen LogP contribution < -0.4 is 5.32 Å². The van der Waals surface area contributed by atoms with E-state index in [9.17, 15) is 4.79 Å². The second-order valence-corrected chi connectivity index (χ2v) is 5.79. The Hall–Kier alpha value is -1.95. The first kappa shape index (κ1) is 15.4. The van der Waals surface area contributed by atoms with Crippen LogP contribution in [0.4, 0.5) is 5.82 Å². The number of carbonyl (C=O) groups is 1. The van der Waals surface area contributed by atoms with Gasteiger partial charge in [-0.3, -0.25) is 4.79 Å². The lowest BCUT2D eigenvalue weighted by Gasteiger charge is -2.18. The lowest BCUT2D eigenvalue weighted by atomic mass is 10.2. The maximum Gasteiger partial charge on any atom is 0.257 e. The van der Waals surface area contributed by atoms with Crippen molar-refractivity contribution in [1.82, 2.24) is 14.9 Å². The van der Waals surface area contributed by atoms with Crippen LogP contribution in [-0.4, -0.2) is 34.4 Å². The number of amides is 1. The molecule has 0 unspecified atom stereocenters. The summed E-state index contributed by atoms with van der Waals surface area (Å²) >= 11 is 1.57. The van der Waals surface area contributed by atoms with E-state index in [0.29, 0.717) is 17.9 Å². The molecular weight excluding hydrogens is 284 g/mol. The molecule has 6 heteroatoms. The van der Waals surface area contributed by atoms with Crippen molar-refractivity contribution in [3.8, 4) is 0 Å². The molecule has 5 nitrogen and oxygen atoms in total. The van der Waals surface area contributed by atoms with Crippen LogP contribution >= 0.6 is 11.3 Å². The van der Waals surface area contributed by atoms with Gasteiger partial charge >= 0.3 is 0 Å². The number of aryl methyl sites for hydroxylation is 1. The zero-order valence-electron chi connectivity index (χ0n) is 12.6. The van der Waals surface area contributed by atoms with Crippen molar-refractivity contribution >= 4 is 23.1 Å². The molecule has 0 bridgehead atoms. The van der Waals surface area contributed by atoms with E-state index in [0.717, 1.165) is 23.5 Å². The summed E-state index contributed by atoms with van der Waals surface area (Å²) in [5.74, 6) is 0.617. The van der Waals surface area contributed by atoms with Gasteiger partial charge in [-0.1, -0.05) is 6.92 Å². The molecule has 0 spiro atoms. The van der Waals surface area contributed by atoms with Crippen molar-refractivity contribution in [1.29, 1.82) is 0 Å². The first-order valence-corrected chi connectivity index (χ1v) is 7.84. The molecule has 0 aliphatic rings. The van der Waals surface area contributed by atoms with Crippen molar-refractivity contribution in [3.63, 3.8) is 0 Å². The van der Waals surface area contributed by atoms with Crippen molar-refractivity contribution in [2.45, 2.75) is 26.8 Å². The average Bonchev–Trinajstić information content (AvgIpc) is 2.90. The first-order valence-electron chi connectivity index (χ1n) is 6.96. The first-order chi connectivity index (χ1) is 10.1. The van der Waals surface area contributed by atoms with Crippen LogP contribution in [0.2, 0.25) is 0 Å². The number of nitrogens with one attached hydrogen (secondary N) is 1. The number of anilines is 1. The molecule has 0 saturated carbocycles. The molecule has 0 fully saturated rings. The van der Waals surface area contributed by atoms with E-state index in [-0.39, 0.29) is 5.91 Å². The van der Waals surface area contributed by atoms with Crippen molar-refractivity contribution in [2.75, 3.05) is 18.9 Å². The Morgan fingerprint density at radius 3 is 2.90 bits per heavy atom. The molecule has 0 radical (unpaired) electrons. The van der Waals surface area contributed by atoms with Gasteiger partial charge in [-0.25, -0.2) is 9.97 Å². The van der Waals surface area contributed by atoms with Crippen LogP contribution in [0.15, 0.2) is 23.8 Å². The molecule has 112 valence electrons. The van der Waals surface area contributed by atoms with Gasteiger partial charge in [0, 0.05) is 24.7 Å². The Labute approximate surface area is 129 Å². The zero-order valence-corrected chi connectivity index (χ0v) is 13.4. The quantitative estimate of drug-likeness (QED) is 0.891. The third-order valence-electron chi connectivity index (χ3n) is 3.15. The minimum Gasteiger partial charge on any atom is -0.369 e. The van der Waals surface area contributed by atoms with Crippen LogP contribution in [0.5, 0.6) is 0 Å². The SMILES string of the molecule is CCCNc1ncccc1C(=O)N(C)Cc1scnc1C. The maximum absolute atomic E-state index is 12.6. The molecule has 1 N–H and O–H groups in total. The van der Waals surface area contributed by atoms with E-state index in [1.165, 1.54) is 0 Å². The number of rotatable bonds is 6. The second kappa shape index (κ2) is 7.17. The highest BCUT2D eigenvalue weighted by Crippen LogP contribution is 2.18. The van der Waals surface area contributed by atoms with Crippen LogP contribution in [0, 0.1) is 6.92 Å². The summed E-state index contributed by atoms with van der Waals surface area (Å²) < 4.78 is 0. The number of aromatic nitrogens is 2. The molecule has 0 aliphatic carbocycles. The van der Waals surface area contributed by atoms with Gasteiger partial charge < -0.3 is 10.2 Å². The van der Waals surface area contributed by atoms with Crippen molar-refractivity contribution < 1.29 is 4.79 Å². The Bertz CT molecular complexity index is 611. The molecule has 0 aliphatic heterocycles. The summed E-state index contributed by atoms with van der Waals surface area (Å²) in [6, 6.07) is 3.60. The highest BCUT2D eigenvalue weighted by molar-refractivity contribution is 7.09. The highest BCUT2D eigenvalue weighted by atomic mass is 32.1. The number of thiazole rings is 1. The van der Waals surface area contributed by atoms with Gasteiger partial charge in [0.1, 0.15) is 5.82 Å². The predicted molar refractivity (Wildman–Crippen MR) is 85.7 cm³/mol. The molecule has 2 aromatic rings. The van der Waals surface area contributed by atoms with Crippen molar-refractivity contribution in [3.05, 3.63) is 40.0 Å². The van der Waals surface area contributed by atoms with Crippen LogP contribution in [0.3, 0.4) is 0 Å².